The number of methoxy groups -OCH3 is 1. The topological polar surface area (TPSA) is 75.2 Å². The maximum absolute atomic E-state index is 11.5. The molecule has 0 radical (unpaired) electrons. The lowest BCUT2D eigenvalue weighted by Gasteiger charge is -2.32. The molecule has 0 saturated heterocycles. The molecule has 2 aromatic rings. The van der Waals surface area contributed by atoms with Crippen molar-refractivity contribution in [3.63, 3.8) is 0 Å². The molecule has 1 heterocycles. The summed E-state index contributed by atoms with van der Waals surface area (Å²) in [6.45, 7) is 0.255. The van der Waals surface area contributed by atoms with Crippen LogP contribution in [0, 0.1) is 5.92 Å². The number of fused-ring (bicyclic) bond motifs is 1. The van der Waals surface area contributed by atoms with Crippen molar-refractivity contribution in [1.29, 1.82) is 0 Å². The number of aliphatic hydroxyl groups is 1. The number of benzene rings is 1. The highest BCUT2D eigenvalue weighted by Gasteiger charge is 2.32. The molecular weight excluding hydrogens is 244 g/mol. The molecule has 0 aliphatic heterocycles. The summed E-state index contributed by atoms with van der Waals surface area (Å²) < 4.78 is 4.70. The summed E-state index contributed by atoms with van der Waals surface area (Å²) in [5, 5.41) is 17.4. The monoisotopic (exact) mass is 260 g/mol. The number of ether oxygens (including phenoxy) is 1. The predicted octanol–water partition coefficient (Wildman–Crippen LogP) is 1.84. The molecule has 0 atom stereocenters. The van der Waals surface area contributed by atoms with Crippen molar-refractivity contribution in [2.45, 2.75) is 18.8 Å². The van der Waals surface area contributed by atoms with E-state index in [0.29, 0.717) is 17.4 Å². The molecule has 1 aliphatic carbocycles. The number of H-pyrrole nitrogens is 1. The average molecular weight is 260 g/mol. The number of aromatic nitrogens is 2. The Labute approximate surface area is 110 Å². The maximum Gasteiger partial charge on any atom is 0.337 e. The van der Waals surface area contributed by atoms with Gasteiger partial charge in [0.1, 0.15) is 0 Å². The van der Waals surface area contributed by atoms with E-state index in [2.05, 4.69) is 10.2 Å². The zero-order chi connectivity index (χ0) is 13.4. The van der Waals surface area contributed by atoms with Gasteiger partial charge in [0.25, 0.3) is 0 Å². The van der Waals surface area contributed by atoms with Crippen molar-refractivity contribution in [3.8, 4) is 0 Å². The Bertz CT molecular complexity index is 614. The largest absolute Gasteiger partial charge is 0.465 e. The zero-order valence-corrected chi connectivity index (χ0v) is 10.7. The standard InChI is InChI=1S/C14H16N2O3/c1-19-14(18)9-2-3-11-12(6-9)15-16-13(11)10-4-8(5-10)7-17/h2-3,6,8,10,17H,4-5,7H2,1H3,(H,15,16). The van der Waals surface area contributed by atoms with Gasteiger partial charge in [-0.15, -0.1) is 0 Å². The van der Waals surface area contributed by atoms with E-state index in [9.17, 15) is 4.79 Å². The SMILES string of the molecule is COC(=O)c1ccc2c(C3CC(CO)C3)n[nH]c2c1. The van der Waals surface area contributed by atoms with Crippen LogP contribution in [0.15, 0.2) is 18.2 Å². The third-order valence-corrected chi connectivity index (χ3v) is 3.89. The van der Waals surface area contributed by atoms with Crippen LogP contribution in [0.4, 0.5) is 0 Å². The van der Waals surface area contributed by atoms with Gasteiger partial charge in [-0.25, -0.2) is 4.79 Å². The molecule has 0 bridgehead atoms. The second kappa shape index (κ2) is 4.66. The summed E-state index contributed by atoms with van der Waals surface area (Å²) in [6.07, 6.45) is 1.96. The summed E-state index contributed by atoms with van der Waals surface area (Å²) in [5.41, 5.74) is 2.41. The van der Waals surface area contributed by atoms with Gasteiger partial charge in [-0.3, -0.25) is 5.10 Å². The molecule has 1 aromatic heterocycles. The van der Waals surface area contributed by atoms with Gasteiger partial charge in [0.05, 0.1) is 23.9 Å². The molecule has 2 N–H and O–H groups in total. The smallest absolute Gasteiger partial charge is 0.337 e. The Hall–Kier alpha value is -1.88. The molecule has 19 heavy (non-hydrogen) atoms. The maximum atomic E-state index is 11.5. The van der Waals surface area contributed by atoms with E-state index < -0.39 is 0 Å². The summed E-state index contributed by atoms with van der Waals surface area (Å²) in [5.74, 6) is 0.475. The van der Waals surface area contributed by atoms with Gasteiger partial charge >= 0.3 is 5.97 Å². The lowest BCUT2D eigenvalue weighted by Crippen LogP contribution is -2.25. The highest BCUT2D eigenvalue weighted by Crippen LogP contribution is 2.42. The highest BCUT2D eigenvalue weighted by atomic mass is 16.5. The van der Waals surface area contributed by atoms with E-state index in [0.717, 1.165) is 29.4 Å². The first-order valence-electron chi connectivity index (χ1n) is 6.40. The number of hydrogen-bond donors (Lipinski definition) is 2. The molecule has 0 amide bonds. The lowest BCUT2D eigenvalue weighted by atomic mass is 9.73. The Kier molecular flexibility index (Phi) is 2.98. The van der Waals surface area contributed by atoms with Crippen LogP contribution >= 0.6 is 0 Å². The lowest BCUT2D eigenvalue weighted by molar-refractivity contribution is 0.0601. The molecule has 5 nitrogen and oxygen atoms in total. The van der Waals surface area contributed by atoms with Gasteiger partial charge in [-0.05, 0) is 30.9 Å². The van der Waals surface area contributed by atoms with Crippen LogP contribution in [-0.2, 0) is 4.74 Å². The Morgan fingerprint density at radius 3 is 3.00 bits per heavy atom. The van der Waals surface area contributed by atoms with Crippen LogP contribution in [0.3, 0.4) is 0 Å². The summed E-state index contributed by atoms with van der Waals surface area (Å²) in [4.78, 5) is 11.5. The number of carbonyl (C=O) groups is 1. The average Bonchev–Trinajstić information content (AvgIpc) is 2.80. The fraction of sp³-hybridized carbons (Fsp3) is 0.429. The van der Waals surface area contributed by atoms with E-state index in [1.165, 1.54) is 7.11 Å². The normalized spacial score (nSPS) is 22.2. The van der Waals surface area contributed by atoms with Crippen molar-refractivity contribution >= 4 is 16.9 Å². The molecule has 1 saturated carbocycles. The molecule has 100 valence electrons. The minimum absolute atomic E-state index is 0.255. The first-order valence-corrected chi connectivity index (χ1v) is 6.40. The van der Waals surface area contributed by atoms with Crippen LogP contribution in [0.2, 0.25) is 0 Å². The van der Waals surface area contributed by atoms with Crippen molar-refractivity contribution in [2.75, 3.05) is 13.7 Å². The van der Waals surface area contributed by atoms with E-state index >= 15 is 0 Å². The van der Waals surface area contributed by atoms with Gasteiger partial charge in [0.15, 0.2) is 0 Å². The second-order valence-corrected chi connectivity index (χ2v) is 5.08. The second-order valence-electron chi connectivity index (χ2n) is 5.08. The van der Waals surface area contributed by atoms with E-state index in [1.807, 2.05) is 6.07 Å². The Morgan fingerprint density at radius 1 is 1.53 bits per heavy atom. The number of rotatable bonds is 3. The van der Waals surface area contributed by atoms with Crippen LogP contribution in [-0.4, -0.2) is 35.0 Å². The molecule has 0 unspecified atom stereocenters. The number of nitrogens with one attached hydrogen (secondary N) is 1. The minimum atomic E-state index is -0.345. The highest BCUT2D eigenvalue weighted by molar-refractivity contribution is 5.94. The van der Waals surface area contributed by atoms with Crippen molar-refractivity contribution in [3.05, 3.63) is 29.5 Å². The zero-order valence-electron chi connectivity index (χ0n) is 10.7. The van der Waals surface area contributed by atoms with Gasteiger partial charge in [0, 0.05) is 17.9 Å². The fourth-order valence-electron chi connectivity index (χ4n) is 2.70. The summed E-state index contributed by atoms with van der Waals surface area (Å²) in [7, 11) is 1.37. The first-order chi connectivity index (χ1) is 9.22. The molecule has 1 aliphatic rings. The Balaban J connectivity index is 1.90. The van der Waals surface area contributed by atoms with Crippen molar-refractivity contribution in [1.82, 2.24) is 10.2 Å². The quantitative estimate of drug-likeness (QED) is 0.826. The van der Waals surface area contributed by atoms with Gasteiger partial charge in [0.2, 0.25) is 0 Å². The van der Waals surface area contributed by atoms with Crippen LogP contribution < -0.4 is 0 Å². The minimum Gasteiger partial charge on any atom is -0.465 e. The number of hydrogen-bond acceptors (Lipinski definition) is 4. The van der Waals surface area contributed by atoms with Crippen LogP contribution in [0.1, 0.15) is 34.8 Å². The number of nitrogens with zero attached hydrogens (tertiary/aromatic N) is 1. The fourth-order valence-corrected chi connectivity index (χ4v) is 2.70. The molecular formula is C14H16N2O3. The van der Waals surface area contributed by atoms with Crippen molar-refractivity contribution in [2.24, 2.45) is 5.92 Å². The Morgan fingerprint density at radius 2 is 2.32 bits per heavy atom. The van der Waals surface area contributed by atoms with Crippen LogP contribution in [0.5, 0.6) is 0 Å². The molecule has 1 fully saturated rings. The molecule has 3 rings (SSSR count). The number of carbonyl (C=O) groups excluding carboxylic acids is 1. The molecule has 1 aromatic carbocycles. The van der Waals surface area contributed by atoms with E-state index in [4.69, 9.17) is 9.84 Å². The van der Waals surface area contributed by atoms with Gasteiger partial charge < -0.3 is 9.84 Å². The van der Waals surface area contributed by atoms with Crippen LogP contribution in [0.25, 0.3) is 10.9 Å². The number of esters is 1. The van der Waals surface area contributed by atoms with E-state index in [1.54, 1.807) is 12.1 Å². The number of aliphatic hydroxyl groups excluding tert-OH is 1. The van der Waals surface area contributed by atoms with Crippen molar-refractivity contribution < 1.29 is 14.6 Å². The third kappa shape index (κ3) is 2.00. The molecule has 0 spiro atoms. The third-order valence-electron chi connectivity index (χ3n) is 3.89. The summed E-state index contributed by atoms with van der Waals surface area (Å²) >= 11 is 0. The number of aromatic amines is 1. The predicted molar refractivity (Wildman–Crippen MR) is 70.0 cm³/mol. The molecule has 5 heteroatoms. The van der Waals surface area contributed by atoms with Gasteiger partial charge in [-0.2, -0.15) is 5.10 Å². The first kappa shape index (κ1) is 12.2. The van der Waals surface area contributed by atoms with E-state index in [-0.39, 0.29) is 12.6 Å². The summed E-state index contributed by atoms with van der Waals surface area (Å²) in [6, 6.07) is 5.43. The van der Waals surface area contributed by atoms with Gasteiger partial charge in [-0.1, -0.05) is 6.07 Å².